The summed E-state index contributed by atoms with van der Waals surface area (Å²) in [6.07, 6.45) is 2.96. The Morgan fingerprint density at radius 1 is 1.10 bits per heavy atom. The lowest BCUT2D eigenvalue weighted by molar-refractivity contribution is -0.118. The number of rotatable bonds is 7. The van der Waals surface area contributed by atoms with Crippen LogP contribution in [-0.4, -0.2) is 11.6 Å². The first-order valence-corrected chi connectivity index (χ1v) is 7.67. The van der Waals surface area contributed by atoms with Crippen molar-refractivity contribution >= 4 is 22.9 Å². The molecule has 0 saturated carbocycles. The summed E-state index contributed by atoms with van der Waals surface area (Å²) in [6.45, 7) is 1.55. The normalized spacial score (nSPS) is 10.4. The van der Waals surface area contributed by atoms with Crippen LogP contribution in [0.2, 0.25) is 0 Å². The molecule has 0 aliphatic heterocycles. The number of Topliss-reactive ketones (excluding diaryl/α,β-unsaturated/α-hetero) is 2. The molecule has 104 valence electrons. The standard InChI is InChI=1S/C17H18O2S/c1-13(18)15-9-7-14(8-10-15)12-16(19)4-2-5-17-6-3-11-20-17/h3,6-11H,2,4-5,12H2,1H3. The van der Waals surface area contributed by atoms with Gasteiger partial charge >= 0.3 is 0 Å². The molecular formula is C17H18O2S. The number of hydrogen-bond donors (Lipinski definition) is 0. The van der Waals surface area contributed by atoms with Crippen molar-refractivity contribution in [3.8, 4) is 0 Å². The van der Waals surface area contributed by atoms with E-state index in [1.807, 2.05) is 18.2 Å². The summed E-state index contributed by atoms with van der Waals surface area (Å²) < 4.78 is 0. The van der Waals surface area contributed by atoms with Crippen LogP contribution in [0.25, 0.3) is 0 Å². The van der Waals surface area contributed by atoms with E-state index in [4.69, 9.17) is 0 Å². The van der Waals surface area contributed by atoms with Crippen molar-refractivity contribution < 1.29 is 9.59 Å². The van der Waals surface area contributed by atoms with Crippen LogP contribution in [0.1, 0.15) is 40.6 Å². The molecule has 0 fully saturated rings. The third-order valence-electron chi connectivity index (χ3n) is 3.22. The summed E-state index contributed by atoms with van der Waals surface area (Å²) in [6, 6.07) is 11.5. The topological polar surface area (TPSA) is 34.1 Å². The molecule has 20 heavy (non-hydrogen) atoms. The monoisotopic (exact) mass is 286 g/mol. The first-order chi connectivity index (χ1) is 9.65. The first-order valence-electron chi connectivity index (χ1n) is 6.79. The highest BCUT2D eigenvalue weighted by molar-refractivity contribution is 7.09. The highest BCUT2D eigenvalue weighted by Crippen LogP contribution is 2.13. The molecule has 2 aromatic rings. The molecule has 3 heteroatoms. The minimum atomic E-state index is 0.0545. The number of carbonyl (C=O) groups is 2. The Kier molecular flexibility index (Phi) is 5.24. The molecule has 0 amide bonds. The van der Waals surface area contributed by atoms with Gasteiger partial charge in [0.05, 0.1) is 0 Å². The van der Waals surface area contributed by atoms with Gasteiger partial charge in [0.1, 0.15) is 5.78 Å². The van der Waals surface area contributed by atoms with Gasteiger partial charge in [-0.25, -0.2) is 0 Å². The Bertz CT molecular complexity index is 568. The van der Waals surface area contributed by atoms with E-state index in [0.29, 0.717) is 18.4 Å². The highest BCUT2D eigenvalue weighted by atomic mass is 32.1. The number of hydrogen-bond acceptors (Lipinski definition) is 3. The van der Waals surface area contributed by atoms with Crippen molar-refractivity contribution in [3.05, 3.63) is 57.8 Å². The Hall–Kier alpha value is -1.74. The minimum Gasteiger partial charge on any atom is -0.299 e. The van der Waals surface area contributed by atoms with Crippen molar-refractivity contribution in [1.82, 2.24) is 0 Å². The molecule has 0 aliphatic carbocycles. The molecular weight excluding hydrogens is 268 g/mol. The van der Waals surface area contributed by atoms with Gasteiger partial charge in [-0.15, -0.1) is 11.3 Å². The van der Waals surface area contributed by atoms with Crippen LogP contribution < -0.4 is 0 Å². The maximum Gasteiger partial charge on any atom is 0.159 e. The molecule has 0 bridgehead atoms. The summed E-state index contributed by atoms with van der Waals surface area (Å²) >= 11 is 1.74. The second kappa shape index (κ2) is 7.15. The molecule has 0 aliphatic rings. The summed E-state index contributed by atoms with van der Waals surface area (Å²) in [4.78, 5) is 24.4. The zero-order valence-corrected chi connectivity index (χ0v) is 12.4. The zero-order valence-electron chi connectivity index (χ0n) is 11.6. The Morgan fingerprint density at radius 3 is 2.45 bits per heavy atom. The maximum absolute atomic E-state index is 11.9. The minimum absolute atomic E-state index is 0.0545. The van der Waals surface area contributed by atoms with E-state index in [1.54, 1.807) is 30.4 Å². The SMILES string of the molecule is CC(=O)c1ccc(CC(=O)CCCc2cccs2)cc1. The predicted octanol–water partition coefficient (Wildman–Crippen LogP) is 4.09. The third-order valence-corrected chi connectivity index (χ3v) is 4.16. The predicted molar refractivity (Wildman–Crippen MR) is 82.4 cm³/mol. The Morgan fingerprint density at radius 2 is 1.85 bits per heavy atom. The largest absolute Gasteiger partial charge is 0.299 e. The van der Waals surface area contributed by atoms with Gasteiger partial charge in [-0.05, 0) is 36.8 Å². The maximum atomic E-state index is 11.9. The van der Waals surface area contributed by atoms with Crippen LogP contribution >= 0.6 is 11.3 Å². The van der Waals surface area contributed by atoms with Gasteiger partial charge in [-0.1, -0.05) is 30.3 Å². The summed E-state index contributed by atoms with van der Waals surface area (Å²) in [5.74, 6) is 0.316. The van der Waals surface area contributed by atoms with Crippen molar-refractivity contribution in [3.63, 3.8) is 0 Å². The first kappa shape index (κ1) is 14.7. The average Bonchev–Trinajstić information content (AvgIpc) is 2.92. The lowest BCUT2D eigenvalue weighted by Crippen LogP contribution is -2.03. The highest BCUT2D eigenvalue weighted by Gasteiger charge is 2.05. The van der Waals surface area contributed by atoms with Crippen molar-refractivity contribution in [1.29, 1.82) is 0 Å². The fourth-order valence-electron chi connectivity index (χ4n) is 2.09. The van der Waals surface area contributed by atoms with Crippen LogP contribution in [0.5, 0.6) is 0 Å². The lowest BCUT2D eigenvalue weighted by Gasteiger charge is -2.02. The third kappa shape index (κ3) is 4.42. The zero-order chi connectivity index (χ0) is 14.4. The molecule has 0 spiro atoms. The molecule has 0 unspecified atom stereocenters. The van der Waals surface area contributed by atoms with Gasteiger partial charge in [-0.2, -0.15) is 0 Å². The van der Waals surface area contributed by atoms with Gasteiger partial charge in [0.2, 0.25) is 0 Å². The fraction of sp³-hybridized carbons (Fsp3) is 0.294. The molecule has 0 N–H and O–H groups in total. The van der Waals surface area contributed by atoms with Crippen LogP contribution in [0.3, 0.4) is 0 Å². The van der Waals surface area contributed by atoms with Gasteiger partial charge in [0.25, 0.3) is 0 Å². The fourth-order valence-corrected chi connectivity index (χ4v) is 2.84. The van der Waals surface area contributed by atoms with Crippen molar-refractivity contribution in [2.75, 3.05) is 0 Å². The lowest BCUT2D eigenvalue weighted by atomic mass is 10.0. The summed E-state index contributed by atoms with van der Waals surface area (Å²) in [5, 5.41) is 2.06. The number of thiophene rings is 1. The molecule has 1 aromatic heterocycles. The number of carbonyl (C=O) groups excluding carboxylic acids is 2. The summed E-state index contributed by atoms with van der Waals surface area (Å²) in [7, 11) is 0. The molecule has 1 heterocycles. The van der Waals surface area contributed by atoms with Crippen LogP contribution in [0.4, 0.5) is 0 Å². The average molecular weight is 286 g/mol. The summed E-state index contributed by atoms with van der Waals surface area (Å²) in [5.41, 5.74) is 1.68. The smallest absolute Gasteiger partial charge is 0.159 e. The Balaban J connectivity index is 1.77. The van der Waals surface area contributed by atoms with Crippen LogP contribution in [0, 0.1) is 0 Å². The van der Waals surface area contributed by atoms with Gasteiger partial charge in [0.15, 0.2) is 5.78 Å². The Labute approximate surface area is 123 Å². The second-order valence-corrected chi connectivity index (χ2v) is 5.93. The van der Waals surface area contributed by atoms with Crippen LogP contribution in [0.15, 0.2) is 41.8 Å². The quantitative estimate of drug-likeness (QED) is 0.719. The van der Waals surface area contributed by atoms with Gasteiger partial charge in [0, 0.05) is 23.3 Å². The molecule has 0 saturated heterocycles. The van der Waals surface area contributed by atoms with E-state index >= 15 is 0 Å². The molecule has 2 rings (SSSR count). The van der Waals surface area contributed by atoms with E-state index in [2.05, 4.69) is 11.4 Å². The molecule has 1 aromatic carbocycles. The van der Waals surface area contributed by atoms with Crippen molar-refractivity contribution in [2.45, 2.75) is 32.6 Å². The van der Waals surface area contributed by atoms with Gasteiger partial charge in [-0.3, -0.25) is 9.59 Å². The number of ketones is 2. The molecule has 0 atom stereocenters. The van der Waals surface area contributed by atoms with E-state index in [-0.39, 0.29) is 11.6 Å². The van der Waals surface area contributed by atoms with E-state index in [0.717, 1.165) is 18.4 Å². The number of aryl methyl sites for hydroxylation is 1. The molecule has 2 nitrogen and oxygen atoms in total. The molecule has 0 radical (unpaired) electrons. The van der Waals surface area contributed by atoms with E-state index in [1.165, 1.54) is 4.88 Å². The van der Waals surface area contributed by atoms with E-state index in [9.17, 15) is 9.59 Å². The second-order valence-electron chi connectivity index (χ2n) is 4.90. The number of benzene rings is 1. The van der Waals surface area contributed by atoms with Crippen molar-refractivity contribution in [2.24, 2.45) is 0 Å². The van der Waals surface area contributed by atoms with Crippen LogP contribution in [-0.2, 0) is 17.6 Å². The van der Waals surface area contributed by atoms with E-state index < -0.39 is 0 Å². The van der Waals surface area contributed by atoms with Gasteiger partial charge < -0.3 is 0 Å².